The van der Waals surface area contributed by atoms with Crippen LogP contribution in [0.15, 0.2) is 41.1 Å². The van der Waals surface area contributed by atoms with E-state index in [1.807, 2.05) is 47.7 Å². The second-order valence-electron chi connectivity index (χ2n) is 7.10. The normalized spacial score (nSPS) is 13.7. The van der Waals surface area contributed by atoms with Gasteiger partial charge in [0.05, 0.1) is 17.8 Å². The van der Waals surface area contributed by atoms with Crippen LogP contribution in [0.1, 0.15) is 35.4 Å². The minimum absolute atomic E-state index is 0.186. The van der Waals surface area contributed by atoms with Crippen LogP contribution in [0.3, 0.4) is 0 Å². The highest BCUT2D eigenvalue weighted by Crippen LogP contribution is 2.30. The van der Waals surface area contributed by atoms with Gasteiger partial charge in [-0.15, -0.1) is 0 Å². The van der Waals surface area contributed by atoms with E-state index in [4.69, 9.17) is 11.6 Å². The van der Waals surface area contributed by atoms with Crippen molar-refractivity contribution in [3.63, 3.8) is 0 Å². The van der Waals surface area contributed by atoms with E-state index in [9.17, 15) is 4.79 Å². The number of rotatable bonds is 6. The molecule has 1 fully saturated rings. The summed E-state index contributed by atoms with van der Waals surface area (Å²) in [5.41, 5.74) is 5.10. The van der Waals surface area contributed by atoms with E-state index in [2.05, 4.69) is 21.9 Å². The van der Waals surface area contributed by atoms with Crippen molar-refractivity contribution in [2.75, 3.05) is 0 Å². The Balaban J connectivity index is 1.56. The molecule has 6 heteroatoms. The molecule has 0 unspecified atom stereocenters. The highest BCUT2D eigenvalue weighted by Gasteiger charge is 2.33. The summed E-state index contributed by atoms with van der Waals surface area (Å²) in [5, 5.41) is 9.55. The van der Waals surface area contributed by atoms with Gasteiger partial charge < -0.3 is 4.90 Å². The Morgan fingerprint density at radius 2 is 2.00 bits per heavy atom. The SMILES string of the molecule is Cc1nn(-c2ccc(Cl)cc2)c(C)c1CC(=O)N(Cc1ccsc1)C1CC1. The number of hydrogen-bond acceptors (Lipinski definition) is 3. The zero-order valence-corrected chi connectivity index (χ0v) is 17.1. The molecule has 0 bridgehead atoms. The van der Waals surface area contributed by atoms with Crippen molar-refractivity contribution < 1.29 is 4.79 Å². The van der Waals surface area contributed by atoms with Crippen LogP contribution in [0.5, 0.6) is 0 Å². The zero-order chi connectivity index (χ0) is 19.0. The lowest BCUT2D eigenvalue weighted by Gasteiger charge is -2.22. The predicted octanol–water partition coefficient (Wildman–Crippen LogP) is 4.94. The molecule has 1 aliphatic rings. The van der Waals surface area contributed by atoms with E-state index in [1.165, 1.54) is 5.56 Å². The quantitative estimate of drug-likeness (QED) is 0.589. The summed E-state index contributed by atoms with van der Waals surface area (Å²) in [6, 6.07) is 10.1. The lowest BCUT2D eigenvalue weighted by molar-refractivity contribution is -0.131. The molecule has 0 aliphatic heterocycles. The first kappa shape index (κ1) is 18.3. The van der Waals surface area contributed by atoms with Crippen molar-refractivity contribution in [1.82, 2.24) is 14.7 Å². The first-order valence-electron chi connectivity index (χ1n) is 9.14. The highest BCUT2D eigenvalue weighted by atomic mass is 35.5. The molecular formula is C21H22ClN3OS. The number of aromatic nitrogens is 2. The van der Waals surface area contributed by atoms with Gasteiger partial charge in [0.25, 0.3) is 0 Å². The molecule has 2 aromatic heterocycles. The Morgan fingerprint density at radius 3 is 2.63 bits per heavy atom. The van der Waals surface area contributed by atoms with Crippen LogP contribution in [0.4, 0.5) is 0 Å². The smallest absolute Gasteiger partial charge is 0.227 e. The molecule has 1 aromatic carbocycles. The van der Waals surface area contributed by atoms with Gasteiger partial charge in [0.1, 0.15) is 0 Å². The second-order valence-corrected chi connectivity index (χ2v) is 8.32. The molecule has 0 saturated heterocycles. The Labute approximate surface area is 168 Å². The fourth-order valence-corrected chi connectivity index (χ4v) is 4.19. The minimum atomic E-state index is 0.186. The number of benzene rings is 1. The third kappa shape index (κ3) is 3.94. The summed E-state index contributed by atoms with van der Waals surface area (Å²) in [6.45, 7) is 4.70. The van der Waals surface area contributed by atoms with E-state index in [0.29, 0.717) is 24.0 Å². The molecule has 0 N–H and O–H groups in total. The van der Waals surface area contributed by atoms with Crippen LogP contribution in [0, 0.1) is 13.8 Å². The van der Waals surface area contributed by atoms with Crippen LogP contribution >= 0.6 is 22.9 Å². The first-order valence-corrected chi connectivity index (χ1v) is 10.5. The Hall–Kier alpha value is -2.11. The van der Waals surface area contributed by atoms with Crippen LogP contribution in [0.2, 0.25) is 5.02 Å². The van der Waals surface area contributed by atoms with Gasteiger partial charge >= 0.3 is 0 Å². The molecule has 0 atom stereocenters. The van der Waals surface area contributed by atoms with Gasteiger partial charge in [-0.25, -0.2) is 4.68 Å². The van der Waals surface area contributed by atoms with Crippen molar-refractivity contribution in [2.45, 2.75) is 45.7 Å². The Morgan fingerprint density at radius 1 is 1.26 bits per heavy atom. The van der Waals surface area contributed by atoms with Crippen LogP contribution in [-0.2, 0) is 17.8 Å². The van der Waals surface area contributed by atoms with E-state index in [1.54, 1.807) is 11.3 Å². The number of hydrogen-bond donors (Lipinski definition) is 0. The number of carbonyl (C=O) groups excluding carboxylic acids is 1. The topological polar surface area (TPSA) is 38.1 Å². The van der Waals surface area contributed by atoms with Gasteiger partial charge in [0.2, 0.25) is 5.91 Å². The fourth-order valence-electron chi connectivity index (χ4n) is 3.40. The number of nitrogens with zero attached hydrogens (tertiary/aromatic N) is 3. The monoisotopic (exact) mass is 399 g/mol. The zero-order valence-electron chi connectivity index (χ0n) is 15.5. The van der Waals surface area contributed by atoms with Gasteiger partial charge in [-0.2, -0.15) is 16.4 Å². The van der Waals surface area contributed by atoms with Crippen LogP contribution < -0.4 is 0 Å². The maximum Gasteiger partial charge on any atom is 0.227 e. The van der Waals surface area contributed by atoms with Crippen molar-refractivity contribution in [3.8, 4) is 5.69 Å². The number of aryl methyl sites for hydroxylation is 1. The van der Waals surface area contributed by atoms with Gasteiger partial charge in [0.15, 0.2) is 0 Å². The predicted molar refractivity (Wildman–Crippen MR) is 110 cm³/mol. The Kier molecular flexibility index (Phi) is 5.06. The molecular weight excluding hydrogens is 378 g/mol. The summed E-state index contributed by atoms with van der Waals surface area (Å²) in [6.07, 6.45) is 2.61. The Bertz CT molecular complexity index is 943. The minimum Gasteiger partial charge on any atom is -0.335 e. The molecule has 3 aromatic rings. The standard InChI is InChI=1S/C21H22ClN3OS/c1-14-20(15(2)25(23-14)19-5-3-17(22)4-6-19)11-21(26)24(18-7-8-18)12-16-9-10-27-13-16/h3-6,9-10,13,18H,7-8,11-12H2,1-2H3. The van der Waals surface area contributed by atoms with Gasteiger partial charge in [-0.1, -0.05) is 11.6 Å². The van der Waals surface area contributed by atoms with E-state index in [-0.39, 0.29) is 5.91 Å². The van der Waals surface area contributed by atoms with E-state index >= 15 is 0 Å². The fraction of sp³-hybridized carbons (Fsp3) is 0.333. The summed E-state index contributed by atoms with van der Waals surface area (Å²) in [5.74, 6) is 0.186. The van der Waals surface area contributed by atoms with Crippen molar-refractivity contribution >= 4 is 28.8 Å². The molecule has 0 spiro atoms. The van der Waals surface area contributed by atoms with Crippen molar-refractivity contribution in [2.24, 2.45) is 0 Å². The second kappa shape index (κ2) is 7.49. The number of thiophene rings is 1. The third-order valence-corrected chi connectivity index (χ3v) is 6.07. The molecule has 27 heavy (non-hydrogen) atoms. The largest absolute Gasteiger partial charge is 0.335 e. The van der Waals surface area contributed by atoms with Gasteiger partial charge in [0, 0.05) is 28.9 Å². The molecule has 0 radical (unpaired) electrons. The average Bonchev–Trinajstić information content (AvgIpc) is 3.29. The van der Waals surface area contributed by atoms with Crippen LogP contribution in [-0.4, -0.2) is 26.6 Å². The van der Waals surface area contributed by atoms with E-state index < -0.39 is 0 Å². The van der Waals surface area contributed by atoms with Crippen molar-refractivity contribution in [3.05, 3.63) is 68.6 Å². The van der Waals surface area contributed by atoms with Crippen molar-refractivity contribution in [1.29, 1.82) is 0 Å². The number of halogens is 1. The molecule has 1 aliphatic carbocycles. The van der Waals surface area contributed by atoms with E-state index in [0.717, 1.165) is 35.5 Å². The maximum absolute atomic E-state index is 13.1. The van der Waals surface area contributed by atoms with Crippen LogP contribution in [0.25, 0.3) is 5.69 Å². The lowest BCUT2D eigenvalue weighted by atomic mass is 10.1. The molecule has 1 saturated carbocycles. The van der Waals surface area contributed by atoms with Gasteiger partial charge in [-0.05, 0) is 73.3 Å². The number of amides is 1. The summed E-state index contributed by atoms with van der Waals surface area (Å²) < 4.78 is 1.90. The number of carbonyl (C=O) groups is 1. The molecule has 2 heterocycles. The highest BCUT2D eigenvalue weighted by molar-refractivity contribution is 7.07. The lowest BCUT2D eigenvalue weighted by Crippen LogP contribution is -2.33. The first-order chi connectivity index (χ1) is 13.0. The summed E-state index contributed by atoms with van der Waals surface area (Å²) in [4.78, 5) is 15.1. The summed E-state index contributed by atoms with van der Waals surface area (Å²) in [7, 11) is 0. The van der Waals surface area contributed by atoms with Gasteiger partial charge in [-0.3, -0.25) is 4.79 Å². The average molecular weight is 400 g/mol. The third-order valence-electron chi connectivity index (χ3n) is 5.08. The molecule has 140 valence electrons. The molecule has 1 amide bonds. The summed E-state index contributed by atoms with van der Waals surface area (Å²) >= 11 is 7.67. The molecule has 4 rings (SSSR count). The molecule has 4 nitrogen and oxygen atoms in total. The maximum atomic E-state index is 13.1.